The fourth-order valence-corrected chi connectivity index (χ4v) is 1.81. The minimum Gasteiger partial charge on any atom is -0.395 e. The van der Waals surface area contributed by atoms with E-state index in [1.165, 1.54) is 12.1 Å². The summed E-state index contributed by atoms with van der Waals surface area (Å²) < 4.78 is 36.1. The lowest BCUT2D eigenvalue weighted by atomic mass is 10.3. The maximum Gasteiger partial charge on any atom is 0.586 e. The molecule has 19 heavy (non-hydrogen) atoms. The number of rotatable bonds is 4. The fraction of sp³-hybridized carbons (Fsp3) is 0.250. The molecular weight excluding hydrogens is 256 g/mol. The predicted molar refractivity (Wildman–Crippen MR) is 63.4 cm³/mol. The third kappa shape index (κ3) is 2.59. The number of ether oxygens (including phenoxy) is 2. The Morgan fingerprint density at radius 2 is 2.11 bits per heavy atom. The number of halogens is 2. The number of anilines is 1. The van der Waals surface area contributed by atoms with Crippen molar-refractivity contribution >= 4 is 5.69 Å². The van der Waals surface area contributed by atoms with Crippen LogP contribution in [0.15, 0.2) is 36.7 Å². The first kappa shape index (κ1) is 11.8. The van der Waals surface area contributed by atoms with Crippen LogP contribution in [0.4, 0.5) is 14.5 Å². The number of fused-ring (bicyclic) bond motifs is 1. The molecule has 0 amide bonds. The molecule has 0 saturated carbocycles. The lowest BCUT2D eigenvalue weighted by Gasteiger charge is -2.07. The van der Waals surface area contributed by atoms with Crippen molar-refractivity contribution in [1.82, 2.24) is 9.78 Å². The highest BCUT2D eigenvalue weighted by Gasteiger charge is 2.43. The molecule has 2 heterocycles. The average molecular weight is 267 g/mol. The van der Waals surface area contributed by atoms with E-state index in [9.17, 15) is 8.78 Å². The predicted octanol–water partition coefficient (Wildman–Crippen LogP) is 2.32. The summed E-state index contributed by atoms with van der Waals surface area (Å²) in [6.45, 7) is 1.30. The van der Waals surface area contributed by atoms with Gasteiger partial charge in [0.15, 0.2) is 11.5 Å². The minimum absolute atomic E-state index is 0.0362. The molecule has 1 aromatic heterocycles. The van der Waals surface area contributed by atoms with Crippen molar-refractivity contribution in [2.75, 3.05) is 11.9 Å². The van der Waals surface area contributed by atoms with Crippen LogP contribution < -0.4 is 14.8 Å². The summed E-state index contributed by atoms with van der Waals surface area (Å²) in [5.41, 5.74) is 0.687. The van der Waals surface area contributed by atoms with Crippen molar-refractivity contribution in [3.05, 3.63) is 36.7 Å². The van der Waals surface area contributed by atoms with Crippen molar-refractivity contribution in [3.63, 3.8) is 0 Å². The van der Waals surface area contributed by atoms with E-state index in [0.717, 1.165) is 0 Å². The standard InChI is InChI=1S/C12H11F2N3O2/c13-12(14)18-10-3-2-9(8-11(10)19-12)15-5-7-17-6-1-4-16-17/h1-4,6,8,15H,5,7H2. The van der Waals surface area contributed by atoms with Crippen molar-refractivity contribution in [2.24, 2.45) is 0 Å². The van der Waals surface area contributed by atoms with E-state index in [4.69, 9.17) is 0 Å². The molecule has 0 fully saturated rings. The minimum atomic E-state index is -3.57. The Bertz CT molecular complexity index is 572. The maximum atomic E-state index is 12.8. The van der Waals surface area contributed by atoms with Crippen molar-refractivity contribution in [2.45, 2.75) is 12.8 Å². The molecule has 0 radical (unpaired) electrons. The van der Waals surface area contributed by atoms with E-state index < -0.39 is 6.29 Å². The number of hydrogen-bond donors (Lipinski definition) is 1. The number of hydrogen-bond acceptors (Lipinski definition) is 4. The SMILES string of the molecule is FC1(F)Oc2ccc(NCCn3cccn3)cc2O1. The number of aromatic nitrogens is 2. The molecule has 0 spiro atoms. The molecule has 1 aliphatic rings. The number of nitrogens with one attached hydrogen (secondary N) is 1. The van der Waals surface area contributed by atoms with Crippen LogP contribution >= 0.6 is 0 Å². The Hall–Kier alpha value is -2.31. The quantitative estimate of drug-likeness (QED) is 0.923. The highest BCUT2D eigenvalue weighted by atomic mass is 19.3. The van der Waals surface area contributed by atoms with Gasteiger partial charge in [0, 0.05) is 30.7 Å². The van der Waals surface area contributed by atoms with E-state index in [1.807, 2.05) is 12.3 Å². The van der Waals surface area contributed by atoms with E-state index in [0.29, 0.717) is 18.8 Å². The molecular formula is C12H11F2N3O2. The Morgan fingerprint density at radius 3 is 2.89 bits per heavy atom. The molecule has 2 aromatic rings. The van der Waals surface area contributed by atoms with Crippen LogP contribution in [0.25, 0.3) is 0 Å². The molecule has 1 aromatic carbocycles. The lowest BCUT2D eigenvalue weighted by Crippen LogP contribution is -2.25. The molecule has 1 aliphatic heterocycles. The second-order valence-electron chi connectivity index (χ2n) is 4.02. The molecule has 0 unspecified atom stereocenters. The maximum absolute atomic E-state index is 12.8. The van der Waals surface area contributed by atoms with E-state index in [1.54, 1.807) is 16.9 Å². The van der Waals surface area contributed by atoms with Gasteiger partial charge in [-0.05, 0) is 18.2 Å². The third-order valence-electron chi connectivity index (χ3n) is 2.63. The first-order chi connectivity index (χ1) is 9.12. The lowest BCUT2D eigenvalue weighted by molar-refractivity contribution is -0.286. The smallest absolute Gasteiger partial charge is 0.395 e. The highest BCUT2D eigenvalue weighted by Crippen LogP contribution is 2.42. The Labute approximate surface area is 107 Å². The van der Waals surface area contributed by atoms with Gasteiger partial charge in [-0.3, -0.25) is 4.68 Å². The van der Waals surface area contributed by atoms with Crippen molar-refractivity contribution in [3.8, 4) is 11.5 Å². The number of nitrogens with zero attached hydrogens (tertiary/aromatic N) is 2. The summed E-state index contributed by atoms with van der Waals surface area (Å²) in [5, 5.41) is 7.16. The highest BCUT2D eigenvalue weighted by molar-refractivity contribution is 5.55. The van der Waals surface area contributed by atoms with E-state index >= 15 is 0 Å². The van der Waals surface area contributed by atoms with Gasteiger partial charge in [-0.2, -0.15) is 5.10 Å². The Balaban J connectivity index is 1.61. The van der Waals surface area contributed by atoms with Crippen LogP contribution in [-0.4, -0.2) is 22.6 Å². The van der Waals surface area contributed by atoms with Gasteiger partial charge in [0.2, 0.25) is 0 Å². The molecule has 0 aliphatic carbocycles. The van der Waals surface area contributed by atoms with Gasteiger partial charge < -0.3 is 14.8 Å². The summed E-state index contributed by atoms with van der Waals surface area (Å²) in [6, 6.07) is 6.43. The van der Waals surface area contributed by atoms with Gasteiger partial charge >= 0.3 is 6.29 Å². The molecule has 0 saturated heterocycles. The molecule has 7 heteroatoms. The first-order valence-corrected chi connectivity index (χ1v) is 5.74. The average Bonchev–Trinajstić information content (AvgIpc) is 2.94. The molecule has 3 rings (SSSR count). The zero-order valence-electron chi connectivity index (χ0n) is 9.85. The Morgan fingerprint density at radius 1 is 1.26 bits per heavy atom. The first-order valence-electron chi connectivity index (χ1n) is 5.74. The zero-order chi connectivity index (χ0) is 13.3. The van der Waals surface area contributed by atoms with Crippen LogP contribution in [0.5, 0.6) is 11.5 Å². The zero-order valence-corrected chi connectivity index (χ0v) is 9.85. The fourth-order valence-electron chi connectivity index (χ4n) is 1.81. The van der Waals surface area contributed by atoms with Crippen LogP contribution in [0, 0.1) is 0 Å². The summed E-state index contributed by atoms with van der Waals surface area (Å²) in [4.78, 5) is 0. The summed E-state index contributed by atoms with van der Waals surface area (Å²) >= 11 is 0. The summed E-state index contributed by atoms with van der Waals surface area (Å²) in [7, 11) is 0. The normalized spacial score (nSPS) is 15.5. The van der Waals surface area contributed by atoms with Gasteiger partial charge in [-0.25, -0.2) is 0 Å². The van der Waals surface area contributed by atoms with Crippen molar-refractivity contribution < 1.29 is 18.3 Å². The second kappa shape index (κ2) is 4.42. The van der Waals surface area contributed by atoms with E-state index in [2.05, 4.69) is 19.9 Å². The molecule has 100 valence electrons. The van der Waals surface area contributed by atoms with Crippen molar-refractivity contribution in [1.29, 1.82) is 0 Å². The summed E-state index contributed by atoms with van der Waals surface area (Å²) in [6.07, 6.45) is -0.0272. The van der Waals surface area contributed by atoms with Gasteiger partial charge in [0.05, 0.1) is 6.54 Å². The third-order valence-corrected chi connectivity index (χ3v) is 2.63. The monoisotopic (exact) mass is 267 g/mol. The molecule has 0 bridgehead atoms. The van der Waals surface area contributed by atoms with Gasteiger partial charge in [0.25, 0.3) is 0 Å². The van der Waals surface area contributed by atoms with Crippen LogP contribution in [0.1, 0.15) is 0 Å². The number of alkyl halides is 2. The molecule has 1 N–H and O–H groups in total. The van der Waals surface area contributed by atoms with Gasteiger partial charge in [-0.1, -0.05) is 0 Å². The van der Waals surface area contributed by atoms with Gasteiger partial charge in [-0.15, -0.1) is 8.78 Å². The largest absolute Gasteiger partial charge is 0.586 e. The number of benzene rings is 1. The topological polar surface area (TPSA) is 48.3 Å². The van der Waals surface area contributed by atoms with Crippen LogP contribution in [0.2, 0.25) is 0 Å². The Kier molecular flexibility index (Phi) is 2.73. The van der Waals surface area contributed by atoms with E-state index in [-0.39, 0.29) is 11.5 Å². The van der Waals surface area contributed by atoms with Gasteiger partial charge in [0.1, 0.15) is 0 Å². The molecule has 0 atom stereocenters. The van der Waals surface area contributed by atoms with Crippen LogP contribution in [-0.2, 0) is 6.54 Å². The summed E-state index contributed by atoms with van der Waals surface area (Å²) in [5.74, 6) is 0.0803. The molecule has 5 nitrogen and oxygen atoms in total. The second-order valence-corrected chi connectivity index (χ2v) is 4.02. The van der Waals surface area contributed by atoms with Crippen LogP contribution in [0.3, 0.4) is 0 Å².